The van der Waals surface area contributed by atoms with Gasteiger partial charge in [0.05, 0.1) is 0 Å². The second-order valence-corrected chi connectivity index (χ2v) is 5.70. The zero-order valence-corrected chi connectivity index (χ0v) is 12.9. The van der Waals surface area contributed by atoms with Crippen LogP contribution in [-0.2, 0) is 17.8 Å². The molecule has 114 valence electrons. The van der Waals surface area contributed by atoms with Crippen molar-refractivity contribution in [3.05, 3.63) is 59.7 Å². The number of amides is 1. The minimum Gasteiger partial charge on any atom is -0.480 e. The Kier molecular flexibility index (Phi) is 4.00. The number of carbonyl (C=O) groups excluding carboxylic acids is 1. The van der Waals surface area contributed by atoms with Crippen molar-refractivity contribution in [2.24, 2.45) is 0 Å². The maximum absolute atomic E-state index is 12.3. The van der Waals surface area contributed by atoms with Gasteiger partial charge < -0.3 is 15.0 Å². The molecule has 3 rings (SSSR count). The summed E-state index contributed by atoms with van der Waals surface area (Å²) in [4.78, 5) is 14.3. The van der Waals surface area contributed by atoms with Crippen molar-refractivity contribution in [1.82, 2.24) is 5.32 Å². The molecule has 0 unspecified atom stereocenters. The summed E-state index contributed by atoms with van der Waals surface area (Å²) >= 11 is 0. The lowest BCUT2D eigenvalue weighted by atomic mass is 10.1. The van der Waals surface area contributed by atoms with E-state index in [1.807, 2.05) is 61.5 Å². The Balaban J connectivity index is 1.59. The van der Waals surface area contributed by atoms with E-state index in [0.29, 0.717) is 13.0 Å². The molecule has 0 aromatic heterocycles. The summed E-state index contributed by atoms with van der Waals surface area (Å²) in [5, 5.41) is 2.96. The average molecular weight is 296 g/mol. The molecule has 0 aliphatic carbocycles. The van der Waals surface area contributed by atoms with E-state index >= 15 is 0 Å². The number of para-hydroxylation sites is 1. The quantitative estimate of drug-likeness (QED) is 0.942. The topological polar surface area (TPSA) is 41.6 Å². The normalized spacial score (nSPS) is 15.8. The molecule has 2 aromatic rings. The molecule has 1 aliphatic heterocycles. The number of nitrogens with zero attached hydrogens (tertiary/aromatic N) is 1. The Hall–Kier alpha value is -2.49. The van der Waals surface area contributed by atoms with Crippen LogP contribution in [0, 0.1) is 0 Å². The Morgan fingerprint density at radius 3 is 2.82 bits per heavy atom. The first kappa shape index (κ1) is 14.4. The Labute approximate surface area is 130 Å². The van der Waals surface area contributed by atoms with Gasteiger partial charge in [0, 0.05) is 32.7 Å². The van der Waals surface area contributed by atoms with E-state index in [1.165, 1.54) is 0 Å². The van der Waals surface area contributed by atoms with Gasteiger partial charge in [0.25, 0.3) is 5.91 Å². The molecular formula is C18H20N2O2. The standard InChI is InChI=1S/C18H20N2O2/c1-20(2)15-8-5-6-13(10-15)12-19-18(21)17-11-14-7-3-4-9-16(14)22-17/h3-10,17H,11-12H2,1-2H3,(H,19,21)/t17-/m1/s1. The molecule has 0 radical (unpaired) electrons. The number of benzene rings is 2. The maximum atomic E-state index is 12.3. The smallest absolute Gasteiger partial charge is 0.261 e. The molecule has 0 saturated heterocycles. The van der Waals surface area contributed by atoms with Crippen LogP contribution in [0.25, 0.3) is 0 Å². The lowest BCUT2D eigenvalue weighted by Crippen LogP contribution is -2.37. The third-order valence-electron chi connectivity index (χ3n) is 3.83. The summed E-state index contributed by atoms with van der Waals surface area (Å²) in [5.74, 6) is 0.753. The molecule has 0 fully saturated rings. The number of ether oxygens (including phenoxy) is 1. The number of fused-ring (bicyclic) bond motifs is 1. The monoisotopic (exact) mass is 296 g/mol. The van der Waals surface area contributed by atoms with Crippen molar-refractivity contribution < 1.29 is 9.53 Å². The molecule has 0 spiro atoms. The second kappa shape index (κ2) is 6.10. The van der Waals surface area contributed by atoms with E-state index in [4.69, 9.17) is 4.74 Å². The third kappa shape index (κ3) is 3.06. The lowest BCUT2D eigenvalue weighted by Gasteiger charge is -2.15. The second-order valence-electron chi connectivity index (χ2n) is 5.70. The van der Waals surface area contributed by atoms with Gasteiger partial charge in [0.1, 0.15) is 5.75 Å². The van der Waals surface area contributed by atoms with Gasteiger partial charge in [0.15, 0.2) is 6.10 Å². The molecule has 4 heteroatoms. The molecule has 0 bridgehead atoms. The number of nitrogens with one attached hydrogen (secondary N) is 1. The minimum absolute atomic E-state index is 0.0635. The zero-order chi connectivity index (χ0) is 15.5. The molecule has 2 aromatic carbocycles. The largest absolute Gasteiger partial charge is 0.480 e. The van der Waals surface area contributed by atoms with Crippen LogP contribution in [0.2, 0.25) is 0 Å². The fourth-order valence-corrected chi connectivity index (χ4v) is 2.58. The number of anilines is 1. The van der Waals surface area contributed by atoms with E-state index < -0.39 is 6.10 Å². The lowest BCUT2D eigenvalue weighted by molar-refractivity contribution is -0.127. The third-order valence-corrected chi connectivity index (χ3v) is 3.83. The fraction of sp³-hybridized carbons (Fsp3) is 0.278. The summed E-state index contributed by atoms with van der Waals surface area (Å²) in [6.07, 6.45) is 0.217. The summed E-state index contributed by atoms with van der Waals surface area (Å²) in [7, 11) is 4.00. The first-order chi connectivity index (χ1) is 10.6. The van der Waals surface area contributed by atoms with Crippen molar-refractivity contribution >= 4 is 11.6 Å². The summed E-state index contributed by atoms with van der Waals surface area (Å²) in [5.41, 5.74) is 3.29. The Bertz CT molecular complexity index is 657. The fourth-order valence-electron chi connectivity index (χ4n) is 2.58. The van der Waals surface area contributed by atoms with Crippen molar-refractivity contribution in [1.29, 1.82) is 0 Å². The van der Waals surface area contributed by atoms with Crippen LogP contribution < -0.4 is 15.0 Å². The van der Waals surface area contributed by atoms with E-state index in [2.05, 4.69) is 11.4 Å². The van der Waals surface area contributed by atoms with Gasteiger partial charge in [-0.05, 0) is 29.3 Å². The van der Waals surface area contributed by atoms with E-state index in [0.717, 1.165) is 22.6 Å². The van der Waals surface area contributed by atoms with Crippen LogP contribution in [0.15, 0.2) is 48.5 Å². The molecular weight excluding hydrogens is 276 g/mol. The molecule has 1 atom stereocenters. The molecule has 22 heavy (non-hydrogen) atoms. The molecule has 1 aliphatic rings. The van der Waals surface area contributed by atoms with Crippen molar-refractivity contribution in [3.8, 4) is 5.75 Å². The summed E-state index contributed by atoms with van der Waals surface area (Å²) < 4.78 is 5.70. The molecule has 1 heterocycles. The predicted octanol–water partition coefficient (Wildman–Crippen LogP) is 2.37. The van der Waals surface area contributed by atoms with E-state index in [1.54, 1.807) is 0 Å². The molecule has 1 N–H and O–H groups in total. The maximum Gasteiger partial charge on any atom is 0.261 e. The predicted molar refractivity (Wildman–Crippen MR) is 87.2 cm³/mol. The highest BCUT2D eigenvalue weighted by Gasteiger charge is 2.28. The van der Waals surface area contributed by atoms with Gasteiger partial charge in [-0.15, -0.1) is 0 Å². The Morgan fingerprint density at radius 2 is 2.05 bits per heavy atom. The SMILES string of the molecule is CN(C)c1cccc(CNC(=O)[C@H]2Cc3ccccc3O2)c1. The number of hydrogen-bond acceptors (Lipinski definition) is 3. The number of rotatable bonds is 4. The van der Waals surface area contributed by atoms with Gasteiger partial charge in [-0.3, -0.25) is 4.79 Å². The van der Waals surface area contributed by atoms with Crippen molar-refractivity contribution in [2.75, 3.05) is 19.0 Å². The van der Waals surface area contributed by atoms with Crippen LogP contribution in [0.3, 0.4) is 0 Å². The summed E-state index contributed by atoms with van der Waals surface area (Å²) in [6, 6.07) is 15.9. The van der Waals surface area contributed by atoms with E-state index in [-0.39, 0.29) is 5.91 Å². The minimum atomic E-state index is -0.422. The molecule has 0 saturated carbocycles. The highest BCUT2D eigenvalue weighted by Crippen LogP contribution is 2.28. The first-order valence-corrected chi connectivity index (χ1v) is 7.42. The van der Waals surface area contributed by atoms with Gasteiger partial charge >= 0.3 is 0 Å². The number of carbonyl (C=O) groups is 1. The molecule has 4 nitrogen and oxygen atoms in total. The number of hydrogen-bond donors (Lipinski definition) is 1. The van der Waals surface area contributed by atoms with Crippen LogP contribution in [0.1, 0.15) is 11.1 Å². The Morgan fingerprint density at radius 1 is 1.23 bits per heavy atom. The van der Waals surface area contributed by atoms with Crippen molar-refractivity contribution in [3.63, 3.8) is 0 Å². The van der Waals surface area contributed by atoms with E-state index in [9.17, 15) is 4.79 Å². The summed E-state index contributed by atoms with van der Waals surface area (Å²) in [6.45, 7) is 0.511. The van der Waals surface area contributed by atoms with Crippen LogP contribution in [0.5, 0.6) is 5.75 Å². The average Bonchev–Trinajstić information content (AvgIpc) is 2.97. The highest BCUT2D eigenvalue weighted by atomic mass is 16.5. The van der Waals surface area contributed by atoms with Crippen LogP contribution >= 0.6 is 0 Å². The first-order valence-electron chi connectivity index (χ1n) is 7.42. The molecule has 1 amide bonds. The van der Waals surface area contributed by atoms with Crippen molar-refractivity contribution in [2.45, 2.75) is 19.1 Å². The highest BCUT2D eigenvalue weighted by molar-refractivity contribution is 5.82. The van der Waals surface area contributed by atoms with Gasteiger partial charge in [0.2, 0.25) is 0 Å². The van der Waals surface area contributed by atoms with Crippen LogP contribution in [0.4, 0.5) is 5.69 Å². The van der Waals surface area contributed by atoms with Crippen LogP contribution in [-0.4, -0.2) is 26.1 Å². The van der Waals surface area contributed by atoms with Gasteiger partial charge in [-0.25, -0.2) is 0 Å². The van der Waals surface area contributed by atoms with Gasteiger partial charge in [-0.2, -0.15) is 0 Å². The zero-order valence-electron chi connectivity index (χ0n) is 12.9. The van der Waals surface area contributed by atoms with Gasteiger partial charge in [-0.1, -0.05) is 30.3 Å².